The summed E-state index contributed by atoms with van der Waals surface area (Å²) < 4.78 is 24.1. The molecule has 0 bridgehead atoms. The highest BCUT2D eigenvalue weighted by Gasteiger charge is 2.40. The van der Waals surface area contributed by atoms with Crippen LogP contribution in [0.15, 0.2) is 72.4 Å². The minimum Gasteiger partial charge on any atom is -0.497 e. The molecule has 0 fully saturated rings. The molecule has 6 nitrogen and oxygen atoms in total. The number of carbonyl (C=O) groups excluding carboxylic acids is 2. The van der Waals surface area contributed by atoms with Gasteiger partial charge in [0.15, 0.2) is 0 Å². The van der Waals surface area contributed by atoms with Crippen molar-refractivity contribution in [1.29, 1.82) is 0 Å². The molecule has 0 unspecified atom stereocenters. The van der Waals surface area contributed by atoms with Crippen LogP contribution in [0.2, 0.25) is 0 Å². The number of hydrogen-bond acceptors (Lipinski definition) is 5. The van der Waals surface area contributed by atoms with Crippen molar-refractivity contribution in [2.45, 2.75) is 13.3 Å². The molecule has 0 aliphatic carbocycles. The van der Waals surface area contributed by atoms with Gasteiger partial charge in [0, 0.05) is 23.9 Å². The molecule has 1 aliphatic rings. The van der Waals surface area contributed by atoms with Gasteiger partial charge in [-0.3, -0.25) is 9.59 Å². The van der Waals surface area contributed by atoms with E-state index in [1.807, 2.05) is 24.3 Å². The Kier molecular flexibility index (Phi) is 6.13. The molecule has 2 amide bonds. The van der Waals surface area contributed by atoms with E-state index in [1.54, 1.807) is 18.2 Å². The number of nitrogens with zero attached hydrogens (tertiary/aromatic N) is 1. The number of nitrogens with one attached hydrogen (secondary N) is 1. The summed E-state index contributed by atoms with van der Waals surface area (Å²) in [7, 11) is 2.97. The molecule has 7 heteroatoms. The number of imide groups is 1. The number of amides is 2. The number of aryl methyl sites for hydroxylation is 1. The number of hydrogen-bond donors (Lipinski definition) is 1. The van der Waals surface area contributed by atoms with E-state index in [9.17, 15) is 14.0 Å². The number of benzene rings is 3. The Morgan fingerprint density at radius 2 is 1.45 bits per heavy atom. The van der Waals surface area contributed by atoms with Gasteiger partial charge in [0.1, 0.15) is 23.0 Å². The van der Waals surface area contributed by atoms with Crippen molar-refractivity contribution in [3.05, 3.63) is 89.4 Å². The number of carbonyl (C=O) groups is 2. The summed E-state index contributed by atoms with van der Waals surface area (Å²) in [5.41, 5.74) is 2.80. The van der Waals surface area contributed by atoms with Crippen molar-refractivity contribution >= 4 is 28.8 Å². The van der Waals surface area contributed by atoms with E-state index in [1.165, 1.54) is 38.5 Å². The second-order valence-electron chi connectivity index (χ2n) is 7.45. The van der Waals surface area contributed by atoms with Gasteiger partial charge in [0.2, 0.25) is 0 Å². The van der Waals surface area contributed by atoms with E-state index in [2.05, 4.69) is 12.2 Å². The number of ether oxygens (including phenoxy) is 2. The van der Waals surface area contributed by atoms with E-state index in [4.69, 9.17) is 9.47 Å². The first-order chi connectivity index (χ1) is 15.9. The van der Waals surface area contributed by atoms with Crippen LogP contribution in [0.3, 0.4) is 0 Å². The normalized spacial score (nSPS) is 13.5. The van der Waals surface area contributed by atoms with Crippen LogP contribution in [0.5, 0.6) is 11.5 Å². The lowest BCUT2D eigenvalue weighted by molar-refractivity contribution is -0.120. The minimum atomic E-state index is -0.533. The monoisotopic (exact) mass is 446 g/mol. The van der Waals surface area contributed by atoms with Crippen molar-refractivity contribution in [3.8, 4) is 11.5 Å². The van der Waals surface area contributed by atoms with Gasteiger partial charge in [0.05, 0.1) is 25.5 Å². The molecule has 3 aromatic carbocycles. The van der Waals surface area contributed by atoms with Crippen molar-refractivity contribution in [2.24, 2.45) is 0 Å². The maximum atomic E-state index is 13.5. The Labute approximate surface area is 191 Å². The lowest BCUT2D eigenvalue weighted by atomic mass is 10.0. The number of halogens is 1. The molecule has 0 saturated carbocycles. The second-order valence-corrected chi connectivity index (χ2v) is 7.45. The van der Waals surface area contributed by atoms with Crippen LogP contribution in [-0.4, -0.2) is 26.0 Å². The van der Waals surface area contributed by atoms with Crippen molar-refractivity contribution in [3.63, 3.8) is 0 Å². The predicted molar refractivity (Wildman–Crippen MR) is 125 cm³/mol. The van der Waals surface area contributed by atoms with Gasteiger partial charge in [-0.2, -0.15) is 0 Å². The van der Waals surface area contributed by atoms with Crippen LogP contribution in [0.25, 0.3) is 5.57 Å². The molecule has 1 heterocycles. The van der Waals surface area contributed by atoms with Crippen LogP contribution in [0, 0.1) is 5.82 Å². The highest BCUT2D eigenvalue weighted by molar-refractivity contribution is 6.46. The highest BCUT2D eigenvalue weighted by atomic mass is 19.1. The van der Waals surface area contributed by atoms with Gasteiger partial charge < -0.3 is 14.8 Å². The summed E-state index contributed by atoms with van der Waals surface area (Å²) in [5.74, 6) is -0.631. The van der Waals surface area contributed by atoms with Crippen LogP contribution < -0.4 is 19.7 Å². The molecule has 33 heavy (non-hydrogen) atoms. The van der Waals surface area contributed by atoms with E-state index in [0.29, 0.717) is 28.4 Å². The molecule has 0 aromatic heterocycles. The largest absolute Gasteiger partial charge is 0.497 e. The zero-order valence-corrected chi connectivity index (χ0v) is 18.5. The molecular weight excluding hydrogens is 423 g/mol. The number of anilines is 2. The smallest absolute Gasteiger partial charge is 0.282 e. The Morgan fingerprint density at radius 1 is 0.848 bits per heavy atom. The molecule has 168 valence electrons. The Hall–Kier alpha value is -4.13. The summed E-state index contributed by atoms with van der Waals surface area (Å²) in [4.78, 5) is 28.1. The average molecular weight is 446 g/mol. The quantitative estimate of drug-likeness (QED) is 0.528. The molecule has 3 aromatic rings. The summed E-state index contributed by atoms with van der Waals surface area (Å²) in [5, 5.41) is 3.10. The molecular formula is C26H23FN2O4. The zero-order chi connectivity index (χ0) is 23.5. The van der Waals surface area contributed by atoms with Crippen LogP contribution in [0.4, 0.5) is 15.8 Å². The van der Waals surface area contributed by atoms with E-state index in [-0.39, 0.29) is 11.3 Å². The number of rotatable bonds is 7. The SMILES string of the molecule is CCc1ccc(NC2=C(c3ccc(F)cc3)C(=O)N(c3cc(OC)cc(OC)c3)C2=O)cc1. The van der Waals surface area contributed by atoms with Crippen molar-refractivity contribution in [2.75, 3.05) is 24.4 Å². The molecule has 0 spiro atoms. The Morgan fingerprint density at radius 3 is 2.00 bits per heavy atom. The van der Waals surface area contributed by atoms with Gasteiger partial charge in [-0.15, -0.1) is 0 Å². The topological polar surface area (TPSA) is 67.9 Å². The number of methoxy groups -OCH3 is 2. The molecule has 0 radical (unpaired) electrons. The summed E-state index contributed by atoms with van der Waals surface area (Å²) >= 11 is 0. The fourth-order valence-electron chi connectivity index (χ4n) is 3.65. The first-order valence-corrected chi connectivity index (χ1v) is 10.4. The van der Waals surface area contributed by atoms with Gasteiger partial charge in [-0.1, -0.05) is 31.2 Å². The van der Waals surface area contributed by atoms with Crippen LogP contribution in [-0.2, 0) is 16.0 Å². The third kappa shape index (κ3) is 4.30. The molecule has 0 atom stereocenters. The van der Waals surface area contributed by atoms with Crippen LogP contribution in [0.1, 0.15) is 18.1 Å². The first kappa shape index (κ1) is 22.1. The standard InChI is InChI=1S/C26H23FN2O4/c1-4-16-5-11-19(12-6-16)28-24-23(17-7-9-18(27)10-8-17)25(30)29(26(24)31)20-13-21(32-2)15-22(14-20)33-3/h5-15,28H,4H2,1-3H3. The van der Waals surface area contributed by atoms with E-state index in [0.717, 1.165) is 16.9 Å². The lowest BCUT2D eigenvalue weighted by Crippen LogP contribution is -2.32. The maximum Gasteiger partial charge on any atom is 0.282 e. The van der Waals surface area contributed by atoms with Crippen molar-refractivity contribution in [1.82, 2.24) is 0 Å². The Balaban J connectivity index is 1.81. The third-order valence-electron chi connectivity index (χ3n) is 5.44. The van der Waals surface area contributed by atoms with E-state index < -0.39 is 17.6 Å². The van der Waals surface area contributed by atoms with E-state index >= 15 is 0 Å². The minimum absolute atomic E-state index is 0.109. The first-order valence-electron chi connectivity index (χ1n) is 10.4. The predicted octanol–water partition coefficient (Wildman–Crippen LogP) is 4.80. The molecule has 0 saturated heterocycles. The maximum absolute atomic E-state index is 13.5. The van der Waals surface area contributed by atoms with Crippen LogP contribution >= 0.6 is 0 Å². The molecule has 4 rings (SSSR count). The summed E-state index contributed by atoms with van der Waals surface area (Å²) in [6.07, 6.45) is 0.882. The second kappa shape index (κ2) is 9.16. The van der Waals surface area contributed by atoms with Crippen molar-refractivity contribution < 1.29 is 23.5 Å². The highest BCUT2D eigenvalue weighted by Crippen LogP contribution is 2.37. The molecule has 1 N–H and O–H groups in total. The Bertz CT molecular complexity index is 1210. The van der Waals surface area contributed by atoms with Gasteiger partial charge >= 0.3 is 0 Å². The zero-order valence-electron chi connectivity index (χ0n) is 18.5. The summed E-state index contributed by atoms with van der Waals surface area (Å²) in [6.45, 7) is 2.05. The fraction of sp³-hybridized carbons (Fsp3) is 0.154. The van der Waals surface area contributed by atoms with Gasteiger partial charge in [-0.25, -0.2) is 9.29 Å². The molecule has 1 aliphatic heterocycles. The fourth-order valence-corrected chi connectivity index (χ4v) is 3.65. The lowest BCUT2D eigenvalue weighted by Gasteiger charge is -2.17. The van der Waals surface area contributed by atoms with Gasteiger partial charge in [0.25, 0.3) is 11.8 Å². The average Bonchev–Trinajstić information content (AvgIpc) is 3.08. The van der Waals surface area contributed by atoms with Gasteiger partial charge in [-0.05, 0) is 41.8 Å². The summed E-state index contributed by atoms with van der Waals surface area (Å²) in [6, 6.07) is 17.9. The third-order valence-corrected chi connectivity index (χ3v) is 5.44.